The van der Waals surface area contributed by atoms with Crippen LogP contribution in [0.1, 0.15) is 70.4 Å². The topological polar surface area (TPSA) is 64.6 Å². The molecule has 0 bridgehead atoms. The molecule has 0 saturated carbocycles. The quantitative estimate of drug-likeness (QED) is 0.469. The number of rotatable bonds is 8. The SMILES string of the molecule is CCOC(=O)c1ccc([C@@H](CO[Si](C)(C)C(C)(C)C)N[S@@](=O)C(C)(C)C)cc1. The maximum Gasteiger partial charge on any atom is 0.338 e. The van der Waals surface area contributed by atoms with Gasteiger partial charge in [-0.15, -0.1) is 0 Å². The Labute approximate surface area is 174 Å². The summed E-state index contributed by atoms with van der Waals surface area (Å²) >= 11 is 0. The Balaban J connectivity index is 3.07. The van der Waals surface area contributed by atoms with E-state index in [0.29, 0.717) is 18.8 Å². The van der Waals surface area contributed by atoms with Gasteiger partial charge in [0.2, 0.25) is 0 Å². The zero-order valence-electron chi connectivity index (χ0n) is 18.8. The summed E-state index contributed by atoms with van der Waals surface area (Å²) in [5.41, 5.74) is 1.44. The van der Waals surface area contributed by atoms with Gasteiger partial charge in [0.25, 0.3) is 0 Å². The highest BCUT2D eigenvalue weighted by molar-refractivity contribution is 7.84. The molecule has 1 rings (SSSR count). The fraction of sp³-hybridized carbons (Fsp3) is 0.667. The highest BCUT2D eigenvalue weighted by Gasteiger charge is 2.38. The van der Waals surface area contributed by atoms with Crippen molar-refractivity contribution in [1.29, 1.82) is 0 Å². The third-order valence-corrected chi connectivity index (χ3v) is 11.2. The molecule has 0 unspecified atom stereocenters. The van der Waals surface area contributed by atoms with Crippen molar-refractivity contribution >= 4 is 25.3 Å². The van der Waals surface area contributed by atoms with Crippen molar-refractivity contribution in [1.82, 2.24) is 4.72 Å². The summed E-state index contributed by atoms with van der Waals surface area (Å²) in [5, 5.41) is 0.0918. The molecule has 0 saturated heterocycles. The largest absolute Gasteiger partial charge is 0.462 e. The van der Waals surface area contributed by atoms with Crippen LogP contribution in [-0.4, -0.2) is 36.5 Å². The van der Waals surface area contributed by atoms with E-state index >= 15 is 0 Å². The minimum atomic E-state index is -1.95. The van der Waals surface area contributed by atoms with Gasteiger partial charge in [0.15, 0.2) is 8.32 Å². The van der Waals surface area contributed by atoms with E-state index in [9.17, 15) is 9.00 Å². The van der Waals surface area contributed by atoms with Crippen LogP contribution in [-0.2, 0) is 20.1 Å². The van der Waals surface area contributed by atoms with Gasteiger partial charge in [0, 0.05) is 0 Å². The molecule has 0 aliphatic carbocycles. The molecule has 2 atom stereocenters. The number of benzene rings is 1. The van der Waals surface area contributed by atoms with Gasteiger partial charge in [-0.1, -0.05) is 32.9 Å². The second kappa shape index (κ2) is 9.65. The lowest BCUT2D eigenvalue weighted by Gasteiger charge is -2.37. The second-order valence-electron chi connectivity index (χ2n) is 9.47. The molecule has 1 aromatic rings. The molecular weight excluding hydrogens is 390 g/mol. The number of ether oxygens (including phenoxy) is 1. The summed E-state index contributed by atoms with van der Waals surface area (Å²) in [7, 11) is -3.19. The first-order valence-corrected chi connectivity index (χ1v) is 13.8. The highest BCUT2D eigenvalue weighted by Crippen LogP contribution is 2.37. The van der Waals surface area contributed by atoms with Crippen molar-refractivity contribution in [3.8, 4) is 0 Å². The molecule has 28 heavy (non-hydrogen) atoms. The van der Waals surface area contributed by atoms with E-state index in [4.69, 9.17) is 9.16 Å². The fourth-order valence-corrected chi connectivity index (χ4v) is 3.91. The van der Waals surface area contributed by atoms with E-state index in [1.54, 1.807) is 19.1 Å². The Morgan fingerprint density at radius 1 is 1.11 bits per heavy atom. The van der Waals surface area contributed by atoms with Crippen molar-refractivity contribution in [2.24, 2.45) is 0 Å². The second-order valence-corrected chi connectivity index (χ2v) is 16.3. The van der Waals surface area contributed by atoms with Crippen molar-refractivity contribution < 1.29 is 18.2 Å². The molecule has 5 nitrogen and oxygen atoms in total. The minimum Gasteiger partial charge on any atom is -0.462 e. The van der Waals surface area contributed by atoms with Crippen molar-refractivity contribution in [3.63, 3.8) is 0 Å². The van der Waals surface area contributed by atoms with E-state index in [1.165, 1.54) is 0 Å². The molecule has 0 aliphatic heterocycles. The zero-order chi connectivity index (χ0) is 21.8. The normalized spacial score (nSPS) is 15.2. The van der Waals surface area contributed by atoms with E-state index in [2.05, 4.69) is 38.6 Å². The summed E-state index contributed by atoms with van der Waals surface area (Å²) in [6.07, 6.45) is 0. The number of esters is 1. The number of carbonyl (C=O) groups excluding carboxylic acids is 1. The van der Waals surface area contributed by atoms with Gasteiger partial charge in [-0.05, 0) is 63.5 Å². The molecule has 0 aromatic heterocycles. The Morgan fingerprint density at radius 3 is 2.07 bits per heavy atom. The van der Waals surface area contributed by atoms with Gasteiger partial charge in [-0.25, -0.2) is 13.7 Å². The van der Waals surface area contributed by atoms with Crippen LogP contribution < -0.4 is 4.72 Å². The Bertz CT molecular complexity index is 675. The zero-order valence-corrected chi connectivity index (χ0v) is 20.7. The lowest BCUT2D eigenvalue weighted by atomic mass is 10.1. The molecule has 1 aromatic carbocycles. The van der Waals surface area contributed by atoms with E-state index in [-0.39, 0.29) is 21.8 Å². The van der Waals surface area contributed by atoms with E-state index in [1.807, 2.05) is 32.9 Å². The van der Waals surface area contributed by atoms with E-state index < -0.39 is 19.3 Å². The molecular formula is C21H37NO4SSi. The first kappa shape index (κ1) is 25.0. The number of nitrogens with one attached hydrogen (secondary N) is 1. The maximum absolute atomic E-state index is 12.7. The first-order chi connectivity index (χ1) is 12.7. The molecule has 0 spiro atoms. The minimum absolute atomic E-state index is 0.0918. The van der Waals surface area contributed by atoms with Gasteiger partial charge in [0.1, 0.15) is 0 Å². The standard InChI is InChI=1S/C21H37NO4SSi/c1-10-25-19(23)17-13-11-16(12-14-17)18(22-27(24)20(2,3)4)15-26-28(8,9)21(5,6)7/h11-14,18,22H,10,15H2,1-9H3/t18-,27+/m1/s1. The number of hydrogen-bond acceptors (Lipinski definition) is 4. The first-order valence-electron chi connectivity index (χ1n) is 9.78. The molecule has 7 heteroatoms. The molecule has 0 heterocycles. The van der Waals surface area contributed by atoms with Gasteiger partial charge >= 0.3 is 5.97 Å². The van der Waals surface area contributed by atoms with Gasteiger partial charge < -0.3 is 9.16 Å². The lowest BCUT2D eigenvalue weighted by molar-refractivity contribution is 0.0526. The van der Waals surface area contributed by atoms with Crippen LogP contribution in [0.25, 0.3) is 0 Å². The van der Waals surface area contributed by atoms with Gasteiger partial charge in [-0.3, -0.25) is 0 Å². The summed E-state index contributed by atoms with van der Waals surface area (Å²) in [4.78, 5) is 11.9. The maximum atomic E-state index is 12.7. The molecule has 0 amide bonds. The van der Waals surface area contributed by atoms with Crippen LogP contribution in [0, 0.1) is 0 Å². The monoisotopic (exact) mass is 427 g/mol. The van der Waals surface area contributed by atoms with Gasteiger partial charge in [0.05, 0.1) is 40.6 Å². The molecule has 1 N–H and O–H groups in total. The Morgan fingerprint density at radius 2 is 1.64 bits per heavy atom. The lowest BCUT2D eigenvalue weighted by Crippen LogP contribution is -2.44. The Kier molecular flexibility index (Phi) is 8.62. The average molecular weight is 428 g/mol. The molecule has 0 radical (unpaired) electrons. The summed E-state index contributed by atoms with van der Waals surface area (Å²) in [6, 6.07) is 7.01. The summed E-state index contributed by atoms with van der Waals surface area (Å²) < 4.78 is 27.0. The van der Waals surface area contributed by atoms with Crippen molar-refractivity contribution in [2.45, 2.75) is 77.4 Å². The smallest absolute Gasteiger partial charge is 0.338 e. The predicted octanol–water partition coefficient (Wildman–Crippen LogP) is 4.98. The number of hydrogen-bond donors (Lipinski definition) is 1. The summed E-state index contributed by atoms with van der Waals surface area (Å²) in [5.74, 6) is -0.339. The summed E-state index contributed by atoms with van der Waals surface area (Å²) in [6.45, 7) is 19.4. The predicted molar refractivity (Wildman–Crippen MR) is 119 cm³/mol. The highest BCUT2D eigenvalue weighted by atomic mass is 32.2. The van der Waals surface area contributed by atoms with Crippen LogP contribution >= 0.6 is 0 Å². The van der Waals surface area contributed by atoms with Crippen LogP contribution in [0.4, 0.5) is 0 Å². The van der Waals surface area contributed by atoms with Crippen molar-refractivity contribution in [3.05, 3.63) is 35.4 Å². The van der Waals surface area contributed by atoms with Crippen molar-refractivity contribution in [2.75, 3.05) is 13.2 Å². The van der Waals surface area contributed by atoms with Gasteiger partial charge in [-0.2, -0.15) is 0 Å². The molecule has 0 fully saturated rings. The van der Waals surface area contributed by atoms with E-state index in [0.717, 1.165) is 5.56 Å². The third kappa shape index (κ3) is 7.10. The molecule has 160 valence electrons. The Hall–Kier alpha value is -1.02. The third-order valence-electron chi connectivity index (χ3n) is 5.05. The number of carbonyl (C=O) groups is 1. The van der Waals surface area contributed by atoms with Crippen LogP contribution in [0.15, 0.2) is 24.3 Å². The fourth-order valence-electron chi connectivity index (χ4n) is 2.08. The van der Waals surface area contributed by atoms with Crippen LogP contribution in [0.3, 0.4) is 0 Å². The average Bonchev–Trinajstić information content (AvgIpc) is 2.57. The van der Waals surface area contributed by atoms with Crippen LogP contribution in [0.2, 0.25) is 18.1 Å². The van der Waals surface area contributed by atoms with Crippen LogP contribution in [0.5, 0.6) is 0 Å². The molecule has 0 aliphatic rings.